The first-order valence-electron chi connectivity index (χ1n) is 7.91. The maximum absolute atomic E-state index is 10.6. The van der Waals surface area contributed by atoms with E-state index in [-0.39, 0.29) is 0 Å². The fourth-order valence-corrected chi connectivity index (χ4v) is 3.15. The third-order valence-corrected chi connectivity index (χ3v) is 4.66. The topological polar surface area (TPSA) is 45.1 Å². The van der Waals surface area contributed by atoms with E-state index in [9.17, 15) is 5.11 Å². The van der Waals surface area contributed by atoms with Crippen LogP contribution in [0.1, 0.15) is 38.2 Å². The Labute approximate surface area is 126 Å². The largest absolute Gasteiger partial charge is 0.389 e. The molecular weight excluding hydrogens is 260 g/mol. The van der Waals surface area contributed by atoms with Crippen molar-refractivity contribution in [1.29, 1.82) is 0 Å². The Kier molecular flexibility index (Phi) is 4.22. The van der Waals surface area contributed by atoms with E-state index in [4.69, 9.17) is 0 Å². The van der Waals surface area contributed by atoms with E-state index < -0.39 is 5.60 Å². The van der Waals surface area contributed by atoms with Crippen LogP contribution in [0.5, 0.6) is 0 Å². The molecule has 2 N–H and O–H groups in total. The smallest absolute Gasteiger partial charge is 0.0771 e. The summed E-state index contributed by atoms with van der Waals surface area (Å²) in [6.45, 7) is 3.75. The van der Waals surface area contributed by atoms with Gasteiger partial charge in [-0.1, -0.05) is 19.1 Å². The zero-order valence-electron chi connectivity index (χ0n) is 12.7. The predicted molar refractivity (Wildman–Crippen MR) is 86.0 cm³/mol. The summed E-state index contributed by atoms with van der Waals surface area (Å²) >= 11 is 0. The first kappa shape index (κ1) is 14.5. The van der Waals surface area contributed by atoms with Crippen LogP contribution >= 0.6 is 0 Å². The lowest BCUT2D eigenvalue weighted by Crippen LogP contribution is -2.43. The molecule has 2 aromatic rings. The molecule has 0 saturated heterocycles. The van der Waals surface area contributed by atoms with Crippen LogP contribution in [0, 0.1) is 5.92 Å². The van der Waals surface area contributed by atoms with Crippen LogP contribution < -0.4 is 5.32 Å². The van der Waals surface area contributed by atoms with Crippen LogP contribution in [0.25, 0.3) is 10.9 Å². The van der Waals surface area contributed by atoms with Crippen molar-refractivity contribution in [1.82, 2.24) is 10.3 Å². The van der Waals surface area contributed by atoms with Gasteiger partial charge in [0.05, 0.1) is 11.1 Å². The highest BCUT2D eigenvalue weighted by Crippen LogP contribution is 2.31. The van der Waals surface area contributed by atoms with Gasteiger partial charge in [-0.25, -0.2) is 0 Å². The minimum Gasteiger partial charge on any atom is -0.389 e. The second-order valence-electron chi connectivity index (χ2n) is 6.54. The van der Waals surface area contributed by atoms with Gasteiger partial charge in [0.25, 0.3) is 0 Å². The monoisotopic (exact) mass is 284 g/mol. The Bertz CT molecular complexity index is 603. The fourth-order valence-electron chi connectivity index (χ4n) is 3.15. The Morgan fingerprint density at radius 3 is 2.90 bits per heavy atom. The molecule has 3 rings (SSSR count). The number of hydrogen-bond donors (Lipinski definition) is 2. The van der Waals surface area contributed by atoms with Crippen LogP contribution in [-0.2, 0) is 6.54 Å². The summed E-state index contributed by atoms with van der Waals surface area (Å²) in [6, 6.07) is 10.4. The average molecular weight is 284 g/mol. The van der Waals surface area contributed by atoms with Gasteiger partial charge in [-0.2, -0.15) is 0 Å². The van der Waals surface area contributed by atoms with Gasteiger partial charge < -0.3 is 10.4 Å². The van der Waals surface area contributed by atoms with Crippen LogP contribution in [0.4, 0.5) is 0 Å². The van der Waals surface area contributed by atoms with E-state index in [1.807, 2.05) is 12.3 Å². The molecule has 1 saturated carbocycles. The number of aromatic nitrogens is 1. The number of rotatable bonds is 4. The van der Waals surface area contributed by atoms with Crippen LogP contribution in [0.15, 0.2) is 36.5 Å². The molecule has 0 bridgehead atoms. The molecule has 1 heterocycles. The lowest BCUT2D eigenvalue weighted by Gasteiger charge is -2.35. The summed E-state index contributed by atoms with van der Waals surface area (Å²) in [5, 5.41) is 15.2. The highest BCUT2D eigenvalue weighted by Gasteiger charge is 2.31. The van der Waals surface area contributed by atoms with Gasteiger partial charge in [-0.05, 0) is 55.4 Å². The number of nitrogens with one attached hydrogen (secondary N) is 1. The van der Waals surface area contributed by atoms with Gasteiger partial charge in [-0.15, -0.1) is 0 Å². The fraction of sp³-hybridized carbons (Fsp3) is 0.500. The number of benzene rings is 1. The van der Waals surface area contributed by atoms with Crippen LogP contribution in [0.3, 0.4) is 0 Å². The van der Waals surface area contributed by atoms with Crippen molar-refractivity contribution in [3.05, 3.63) is 42.1 Å². The normalized spacial score (nSPS) is 26.1. The van der Waals surface area contributed by atoms with Crippen molar-refractivity contribution in [3.63, 3.8) is 0 Å². The Balaban J connectivity index is 1.56. The Morgan fingerprint density at radius 1 is 1.29 bits per heavy atom. The quantitative estimate of drug-likeness (QED) is 0.905. The number of pyridine rings is 1. The first-order valence-corrected chi connectivity index (χ1v) is 7.91. The summed E-state index contributed by atoms with van der Waals surface area (Å²) in [6.07, 6.45) is 5.94. The third kappa shape index (κ3) is 3.60. The summed E-state index contributed by atoms with van der Waals surface area (Å²) < 4.78 is 0. The molecule has 1 aromatic heterocycles. The molecule has 1 aliphatic carbocycles. The molecule has 21 heavy (non-hydrogen) atoms. The minimum atomic E-state index is -0.509. The highest BCUT2D eigenvalue weighted by molar-refractivity contribution is 5.78. The lowest BCUT2D eigenvalue weighted by atomic mass is 9.79. The summed E-state index contributed by atoms with van der Waals surface area (Å²) in [4.78, 5) is 4.33. The lowest BCUT2D eigenvalue weighted by molar-refractivity contribution is -0.00629. The van der Waals surface area contributed by atoms with Gasteiger partial charge in [0.2, 0.25) is 0 Å². The summed E-state index contributed by atoms with van der Waals surface area (Å²) in [5.74, 6) is 0.762. The molecule has 1 fully saturated rings. The van der Waals surface area contributed by atoms with Gasteiger partial charge >= 0.3 is 0 Å². The summed E-state index contributed by atoms with van der Waals surface area (Å²) in [7, 11) is 0. The number of aliphatic hydroxyl groups is 1. The molecule has 0 aliphatic heterocycles. The molecule has 1 aromatic carbocycles. The zero-order valence-corrected chi connectivity index (χ0v) is 12.7. The van der Waals surface area contributed by atoms with Crippen molar-refractivity contribution >= 4 is 10.9 Å². The molecule has 0 spiro atoms. The van der Waals surface area contributed by atoms with Crippen molar-refractivity contribution in [2.75, 3.05) is 6.54 Å². The molecule has 0 unspecified atom stereocenters. The van der Waals surface area contributed by atoms with E-state index in [0.29, 0.717) is 6.54 Å². The van der Waals surface area contributed by atoms with Gasteiger partial charge in [0.15, 0.2) is 0 Å². The van der Waals surface area contributed by atoms with Gasteiger partial charge in [0, 0.05) is 24.7 Å². The molecule has 0 radical (unpaired) electrons. The third-order valence-electron chi connectivity index (χ3n) is 4.66. The number of hydrogen-bond acceptors (Lipinski definition) is 3. The maximum Gasteiger partial charge on any atom is 0.0771 e. The molecule has 1 aliphatic rings. The van der Waals surface area contributed by atoms with Crippen LogP contribution in [-0.4, -0.2) is 22.2 Å². The SMILES string of the molecule is CC1CCC(O)(CNCc2ccc3ncccc3c2)CC1. The van der Waals surface area contributed by atoms with E-state index in [1.54, 1.807) is 0 Å². The molecule has 0 atom stereocenters. The molecule has 112 valence electrons. The average Bonchev–Trinajstić information content (AvgIpc) is 2.50. The van der Waals surface area contributed by atoms with E-state index >= 15 is 0 Å². The number of fused-ring (bicyclic) bond motifs is 1. The molecule has 3 heteroatoms. The van der Waals surface area contributed by atoms with Crippen molar-refractivity contribution in [3.8, 4) is 0 Å². The second-order valence-corrected chi connectivity index (χ2v) is 6.54. The van der Waals surface area contributed by atoms with E-state index in [1.165, 1.54) is 10.9 Å². The minimum absolute atomic E-state index is 0.509. The van der Waals surface area contributed by atoms with Gasteiger partial charge in [-0.3, -0.25) is 4.98 Å². The molecule has 0 amide bonds. The zero-order chi connectivity index (χ0) is 14.7. The van der Waals surface area contributed by atoms with Crippen molar-refractivity contribution < 1.29 is 5.11 Å². The standard InChI is InChI=1S/C18H24N2O/c1-14-6-8-18(21,9-7-14)13-19-12-15-4-5-17-16(11-15)3-2-10-20-17/h2-5,10-11,14,19,21H,6-9,12-13H2,1H3. The highest BCUT2D eigenvalue weighted by atomic mass is 16.3. The van der Waals surface area contributed by atoms with Gasteiger partial charge in [0.1, 0.15) is 0 Å². The Morgan fingerprint density at radius 2 is 2.10 bits per heavy atom. The van der Waals surface area contributed by atoms with Crippen LogP contribution in [0.2, 0.25) is 0 Å². The van der Waals surface area contributed by atoms with E-state index in [0.717, 1.165) is 43.7 Å². The van der Waals surface area contributed by atoms with E-state index in [2.05, 4.69) is 41.5 Å². The number of nitrogens with zero attached hydrogens (tertiary/aromatic N) is 1. The van der Waals surface area contributed by atoms with Crippen molar-refractivity contribution in [2.24, 2.45) is 5.92 Å². The Hall–Kier alpha value is -1.45. The molecular formula is C18H24N2O. The molecule has 3 nitrogen and oxygen atoms in total. The maximum atomic E-state index is 10.6. The predicted octanol–water partition coefficient (Wildman–Crippen LogP) is 3.27. The van der Waals surface area contributed by atoms with Crippen molar-refractivity contribution in [2.45, 2.75) is 44.8 Å². The first-order chi connectivity index (χ1) is 10.1. The summed E-state index contributed by atoms with van der Waals surface area (Å²) in [5.41, 5.74) is 1.76. The second kappa shape index (κ2) is 6.12.